The first-order chi connectivity index (χ1) is 9.13. The van der Waals surface area contributed by atoms with E-state index >= 15 is 0 Å². The van der Waals surface area contributed by atoms with Gasteiger partial charge in [-0.25, -0.2) is 19.2 Å². The Morgan fingerprint density at radius 1 is 1.45 bits per heavy atom. The van der Waals surface area contributed by atoms with Gasteiger partial charge in [-0.1, -0.05) is 13.8 Å². The normalized spacial score (nSPS) is 14.8. The highest BCUT2D eigenvalue weighted by molar-refractivity contribution is 7.89. The third kappa shape index (κ3) is 3.24. The minimum absolute atomic E-state index is 0.0615. The number of nitrogen functional groups attached to an aromatic ring is 1. The minimum Gasteiger partial charge on any atom is -0.368 e. The van der Waals surface area contributed by atoms with E-state index < -0.39 is 21.5 Å². The molecular formula is C11H19N5O3S. The Hall–Kier alpha value is -1.71. The number of rotatable bonds is 6. The molecule has 0 radical (unpaired) electrons. The lowest BCUT2D eigenvalue weighted by atomic mass is 9.89. The predicted octanol–water partition coefficient (Wildman–Crippen LogP) is -0.454. The minimum atomic E-state index is -3.93. The molecule has 9 heteroatoms. The Bertz CT molecular complexity index is 602. The molecular weight excluding hydrogens is 282 g/mol. The number of hydrogen-bond donors (Lipinski definition) is 4. The fraction of sp³-hybridized carbons (Fsp3) is 0.455. The van der Waals surface area contributed by atoms with E-state index in [1.54, 1.807) is 13.8 Å². The maximum atomic E-state index is 12.3. The van der Waals surface area contributed by atoms with E-state index in [1.807, 2.05) is 0 Å². The number of hydrazine groups is 1. The summed E-state index contributed by atoms with van der Waals surface area (Å²) >= 11 is 0. The Morgan fingerprint density at radius 3 is 2.50 bits per heavy atom. The van der Waals surface area contributed by atoms with Crippen LogP contribution in [0.4, 0.5) is 5.82 Å². The largest absolute Gasteiger partial charge is 0.368 e. The smallest absolute Gasteiger partial charge is 0.241 e. The number of pyridine rings is 1. The van der Waals surface area contributed by atoms with E-state index in [2.05, 4.69) is 15.1 Å². The molecule has 0 bridgehead atoms. The van der Waals surface area contributed by atoms with Gasteiger partial charge in [0.05, 0.1) is 4.90 Å². The van der Waals surface area contributed by atoms with Crippen LogP contribution in [0.5, 0.6) is 0 Å². The number of nitrogens with zero attached hydrogens (tertiary/aromatic N) is 1. The summed E-state index contributed by atoms with van der Waals surface area (Å²) in [6.45, 7) is 4.85. The van der Waals surface area contributed by atoms with Crippen molar-refractivity contribution in [3.63, 3.8) is 0 Å². The molecule has 1 aromatic rings. The first kappa shape index (κ1) is 16.3. The quantitative estimate of drug-likeness (QED) is 0.414. The Kier molecular flexibility index (Phi) is 4.69. The number of amides is 1. The van der Waals surface area contributed by atoms with Crippen molar-refractivity contribution in [2.24, 2.45) is 17.5 Å². The van der Waals surface area contributed by atoms with Gasteiger partial charge in [-0.3, -0.25) is 4.79 Å². The van der Waals surface area contributed by atoms with E-state index in [4.69, 9.17) is 11.6 Å². The summed E-state index contributed by atoms with van der Waals surface area (Å²) in [6, 6.07) is 2.55. The monoisotopic (exact) mass is 301 g/mol. The van der Waals surface area contributed by atoms with Crippen molar-refractivity contribution in [2.45, 2.75) is 31.2 Å². The highest BCUT2D eigenvalue weighted by atomic mass is 32.2. The zero-order chi connectivity index (χ0) is 15.6. The molecule has 0 aromatic carbocycles. The molecule has 0 spiro atoms. The average molecular weight is 301 g/mol. The van der Waals surface area contributed by atoms with Crippen molar-refractivity contribution in [1.82, 2.24) is 9.71 Å². The Balaban J connectivity index is 3.20. The second kappa shape index (κ2) is 5.73. The standard InChI is InChI=1S/C11H19N5O3S/c1-7(2)11(3,10(12)17)16-20(18,19)8-4-5-14-9(6-8)15-13/h4-7,16H,13H2,1-3H3,(H2,12,17)(H,14,15). The van der Waals surface area contributed by atoms with Crippen LogP contribution in [0, 0.1) is 5.92 Å². The van der Waals surface area contributed by atoms with Gasteiger partial charge in [-0.15, -0.1) is 0 Å². The molecule has 0 aliphatic rings. The number of aromatic nitrogens is 1. The molecule has 112 valence electrons. The van der Waals surface area contributed by atoms with Crippen molar-refractivity contribution in [2.75, 3.05) is 5.43 Å². The fourth-order valence-electron chi connectivity index (χ4n) is 1.45. The highest BCUT2D eigenvalue weighted by Gasteiger charge is 2.39. The van der Waals surface area contributed by atoms with Gasteiger partial charge in [-0.2, -0.15) is 4.72 Å². The van der Waals surface area contributed by atoms with Crippen molar-refractivity contribution < 1.29 is 13.2 Å². The second-order valence-corrected chi connectivity index (χ2v) is 6.53. The fourth-order valence-corrected chi connectivity index (χ4v) is 2.97. The number of sulfonamides is 1. The number of carbonyl (C=O) groups excluding carboxylic acids is 1. The van der Waals surface area contributed by atoms with Gasteiger partial charge < -0.3 is 11.2 Å². The molecule has 6 N–H and O–H groups in total. The van der Waals surface area contributed by atoms with Crippen molar-refractivity contribution in [3.05, 3.63) is 18.3 Å². The van der Waals surface area contributed by atoms with Crippen LogP contribution >= 0.6 is 0 Å². The van der Waals surface area contributed by atoms with E-state index in [-0.39, 0.29) is 16.6 Å². The molecule has 1 amide bonds. The lowest BCUT2D eigenvalue weighted by Crippen LogP contribution is -2.58. The zero-order valence-electron chi connectivity index (χ0n) is 11.5. The molecule has 0 aliphatic heterocycles. The first-order valence-corrected chi connectivity index (χ1v) is 7.38. The summed E-state index contributed by atoms with van der Waals surface area (Å²) in [5.41, 5.74) is 6.17. The van der Waals surface area contributed by atoms with Crippen LogP contribution in [0.15, 0.2) is 23.2 Å². The van der Waals surface area contributed by atoms with Gasteiger partial charge in [0.2, 0.25) is 15.9 Å². The Morgan fingerprint density at radius 2 is 2.05 bits per heavy atom. The molecule has 1 rings (SSSR count). The number of anilines is 1. The van der Waals surface area contributed by atoms with Crippen LogP contribution in [0.3, 0.4) is 0 Å². The van der Waals surface area contributed by atoms with Crippen LogP contribution < -0.4 is 21.7 Å². The van der Waals surface area contributed by atoms with E-state index in [1.165, 1.54) is 25.3 Å². The third-order valence-corrected chi connectivity index (χ3v) is 4.77. The first-order valence-electron chi connectivity index (χ1n) is 5.90. The average Bonchev–Trinajstić information content (AvgIpc) is 2.37. The lowest BCUT2D eigenvalue weighted by molar-refractivity contribution is -0.124. The van der Waals surface area contributed by atoms with Crippen LogP contribution in [-0.2, 0) is 14.8 Å². The number of primary amides is 1. The summed E-state index contributed by atoms with van der Waals surface area (Å²) < 4.78 is 27.0. The summed E-state index contributed by atoms with van der Waals surface area (Å²) in [5.74, 6) is 4.31. The van der Waals surface area contributed by atoms with Gasteiger partial charge >= 0.3 is 0 Å². The molecule has 0 saturated heterocycles. The maximum Gasteiger partial charge on any atom is 0.241 e. The van der Waals surface area contributed by atoms with Crippen molar-refractivity contribution in [1.29, 1.82) is 0 Å². The van der Waals surface area contributed by atoms with E-state index in [0.717, 1.165) is 0 Å². The molecule has 1 atom stereocenters. The predicted molar refractivity (Wildman–Crippen MR) is 74.8 cm³/mol. The summed E-state index contributed by atoms with van der Waals surface area (Å²) in [7, 11) is -3.93. The second-order valence-electron chi connectivity index (χ2n) is 4.85. The summed E-state index contributed by atoms with van der Waals surface area (Å²) in [4.78, 5) is 15.3. The number of carbonyl (C=O) groups is 1. The molecule has 8 nitrogen and oxygen atoms in total. The number of hydrogen-bond acceptors (Lipinski definition) is 6. The zero-order valence-corrected chi connectivity index (χ0v) is 12.4. The molecule has 20 heavy (non-hydrogen) atoms. The van der Waals surface area contributed by atoms with Gasteiger partial charge in [0.1, 0.15) is 11.4 Å². The van der Waals surface area contributed by atoms with Gasteiger partial charge in [0, 0.05) is 12.3 Å². The molecule has 0 fully saturated rings. The number of nitrogens with two attached hydrogens (primary N) is 2. The van der Waals surface area contributed by atoms with Crippen molar-refractivity contribution >= 4 is 21.7 Å². The molecule has 1 heterocycles. The van der Waals surface area contributed by atoms with Gasteiger partial charge in [0.25, 0.3) is 0 Å². The SMILES string of the molecule is CC(C)C(C)(NS(=O)(=O)c1ccnc(NN)c1)C(N)=O. The van der Waals surface area contributed by atoms with Crippen LogP contribution in [-0.4, -0.2) is 24.8 Å². The van der Waals surface area contributed by atoms with Gasteiger partial charge in [0.15, 0.2) is 0 Å². The molecule has 0 aliphatic carbocycles. The highest BCUT2D eigenvalue weighted by Crippen LogP contribution is 2.21. The summed E-state index contributed by atoms with van der Waals surface area (Å²) in [6.07, 6.45) is 1.29. The van der Waals surface area contributed by atoms with Crippen LogP contribution in [0.25, 0.3) is 0 Å². The maximum absolute atomic E-state index is 12.3. The topological polar surface area (TPSA) is 140 Å². The van der Waals surface area contributed by atoms with Crippen LogP contribution in [0.2, 0.25) is 0 Å². The molecule has 1 unspecified atom stereocenters. The van der Waals surface area contributed by atoms with E-state index in [0.29, 0.717) is 0 Å². The molecule has 1 aromatic heterocycles. The Labute approximate surface area is 118 Å². The number of nitrogens with one attached hydrogen (secondary N) is 2. The third-order valence-electron chi connectivity index (χ3n) is 3.20. The van der Waals surface area contributed by atoms with Gasteiger partial charge in [-0.05, 0) is 18.9 Å². The van der Waals surface area contributed by atoms with Crippen molar-refractivity contribution in [3.8, 4) is 0 Å². The molecule has 0 saturated carbocycles. The summed E-state index contributed by atoms with van der Waals surface area (Å²) in [5, 5.41) is 0. The van der Waals surface area contributed by atoms with E-state index in [9.17, 15) is 13.2 Å². The van der Waals surface area contributed by atoms with Crippen LogP contribution in [0.1, 0.15) is 20.8 Å². The lowest BCUT2D eigenvalue weighted by Gasteiger charge is -2.30.